The average Bonchev–Trinajstić information content (AvgIpc) is 2.33. The predicted molar refractivity (Wildman–Crippen MR) is 76.0 cm³/mol. The van der Waals surface area contributed by atoms with Crippen LogP contribution in [0.4, 0.5) is 0 Å². The normalized spacial score (nSPS) is 21.1. The molecule has 1 fully saturated rings. The van der Waals surface area contributed by atoms with Gasteiger partial charge in [0.05, 0.1) is 6.61 Å². The third kappa shape index (κ3) is 7.53. The molecule has 4 heteroatoms. The van der Waals surface area contributed by atoms with Gasteiger partial charge >= 0.3 is 5.97 Å². The average molecular weight is 271 g/mol. The lowest BCUT2D eigenvalue weighted by Gasteiger charge is -2.33. The molecular formula is C15H29NO3. The summed E-state index contributed by atoms with van der Waals surface area (Å²) in [6.07, 6.45) is 1.44. The number of carbonyl (C=O) groups excluding carboxylic acids is 1. The van der Waals surface area contributed by atoms with Crippen molar-refractivity contribution in [3.05, 3.63) is 0 Å². The van der Waals surface area contributed by atoms with E-state index < -0.39 is 0 Å². The minimum atomic E-state index is -0.0988. The van der Waals surface area contributed by atoms with Gasteiger partial charge in [0.1, 0.15) is 12.7 Å². The third-order valence-electron chi connectivity index (χ3n) is 3.20. The highest BCUT2D eigenvalue weighted by Gasteiger charge is 2.22. The number of esters is 1. The predicted octanol–water partition coefficient (Wildman–Crippen LogP) is 2.32. The quantitative estimate of drug-likeness (QED) is 0.666. The summed E-state index contributed by atoms with van der Waals surface area (Å²) in [5.74, 6) is 1.10. The Morgan fingerprint density at radius 1 is 1.32 bits per heavy atom. The molecule has 0 amide bonds. The van der Waals surface area contributed by atoms with Crippen LogP contribution in [0.1, 0.15) is 40.5 Å². The van der Waals surface area contributed by atoms with Crippen LogP contribution >= 0.6 is 0 Å². The lowest BCUT2D eigenvalue weighted by atomic mass is 10.1. The Bertz CT molecular complexity index is 266. The van der Waals surface area contributed by atoms with E-state index in [9.17, 15) is 4.79 Å². The molecule has 0 bridgehead atoms. The monoisotopic (exact) mass is 271 g/mol. The Labute approximate surface area is 117 Å². The molecule has 0 radical (unpaired) electrons. The largest absolute Gasteiger partial charge is 0.463 e. The molecule has 0 aliphatic carbocycles. The fraction of sp³-hybridized carbons (Fsp3) is 0.933. The molecule has 4 nitrogen and oxygen atoms in total. The number of morpholine rings is 1. The van der Waals surface area contributed by atoms with Gasteiger partial charge in [0, 0.05) is 26.1 Å². The summed E-state index contributed by atoms with van der Waals surface area (Å²) >= 11 is 0. The van der Waals surface area contributed by atoms with Gasteiger partial charge in [0.25, 0.3) is 0 Å². The molecular weight excluding hydrogens is 242 g/mol. The highest BCUT2D eigenvalue weighted by molar-refractivity contribution is 5.69. The summed E-state index contributed by atoms with van der Waals surface area (Å²) in [4.78, 5) is 13.9. The van der Waals surface area contributed by atoms with Crippen molar-refractivity contribution in [3.8, 4) is 0 Å². The summed E-state index contributed by atoms with van der Waals surface area (Å²) < 4.78 is 10.9. The van der Waals surface area contributed by atoms with Crippen molar-refractivity contribution < 1.29 is 14.3 Å². The van der Waals surface area contributed by atoms with Crippen LogP contribution in [0.15, 0.2) is 0 Å². The lowest BCUT2D eigenvalue weighted by Crippen LogP contribution is -2.45. The minimum absolute atomic E-state index is 0.0375. The van der Waals surface area contributed by atoms with Gasteiger partial charge in [-0.2, -0.15) is 0 Å². The first-order valence-corrected chi connectivity index (χ1v) is 7.47. The van der Waals surface area contributed by atoms with Crippen LogP contribution in [0.5, 0.6) is 0 Å². The Morgan fingerprint density at radius 2 is 2.05 bits per heavy atom. The van der Waals surface area contributed by atoms with E-state index in [1.807, 2.05) is 0 Å². The van der Waals surface area contributed by atoms with Gasteiger partial charge in [0.2, 0.25) is 0 Å². The molecule has 0 N–H and O–H groups in total. The van der Waals surface area contributed by atoms with Crippen molar-refractivity contribution in [2.75, 3.05) is 32.8 Å². The number of carbonyl (C=O) groups is 1. The van der Waals surface area contributed by atoms with E-state index >= 15 is 0 Å². The van der Waals surface area contributed by atoms with Crippen molar-refractivity contribution in [2.45, 2.75) is 46.6 Å². The maximum Gasteiger partial charge on any atom is 0.305 e. The van der Waals surface area contributed by atoms with Gasteiger partial charge in [-0.25, -0.2) is 0 Å². The Hall–Kier alpha value is -0.610. The van der Waals surface area contributed by atoms with Gasteiger partial charge in [-0.05, 0) is 18.3 Å². The van der Waals surface area contributed by atoms with Crippen molar-refractivity contribution in [1.29, 1.82) is 0 Å². The molecule has 0 aromatic carbocycles. The minimum Gasteiger partial charge on any atom is -0.463 e. The molecule has 1 heterocycles. The van der Waals surface area contributed by atoms with E-state index in [-0.39, 0.29) is 12.1 Å². The highest BCUT2D eigenvalue weighted by atomic mass is 16.6. The molecule has 112 valence electrons. The van der Waals surface area contributed by atoms with Crippen LogP contribution < -0.4 is 0 Å². The first kappa shape index (κ1) is 16.4. The fourth-order valence-corrected chi connectivity index (χ4v) is 2.23. The van der Waals surface area contributed by atoms with Crippen LogP contribution in [0.2, 0.25) is 0 Å². The third-order valence-corrected chi connectivity index (χ3v) is 3.20. The second-order valence-corrected chi connectivity index (χ2v) is 6.26. The second kappa shape index (κ2) is 8.54. The molecule has 1 atom stereocenters. The van der Waals surface area contributed by atoms with Crippen molar-refractivity contribution in [3.63, 3.8) is 0 Å². The van der Waals surface area contributed by atoms with E-state index in [0.717, 1.165) is 32.7 Å². The van der Waals surface area contributed by atoms with Crippen LogP contribution in [-0.2, 0) is 14.3 Å². The van der Waals surface area contributed by atoms with Gasteiger partial charge < -0.3 is 9.47 Å². The van der Waals surface area contributed by atoms with Gasteiger partial charge in [-0.1, -0.05) is 27.7 Å². The van der Waals surface area contributed by atoms with E-state index in [1.54, 1.807) is 0 Å². The second-order valence-electron chi connectivity index (χ2n) is 6.26. The summed E-state index contributed by atoms with van der Waals surface area (Å²) in [7, 11) is 0. The molecule has 0 saturated carbocycles. The van der Waals surface area contributed by atoms with Crippen LogP contribution in [-0.4, -0.2) is 49.8 Å². The van der Waals surface area contributed by atoms with Crippen molar-refractivity contribution in [2.24, 2.45) is 11.8 Å². The Kier molecular flexibility index (Phi) is 7.39. The first-order chi connectivity index (χ1) is 8.97. The molecule has 1 saturated heterocycles. The number of hydrogen-bond donors (Lipinski definition) is 0. The van der Waals surface area contributed by atoms with Crippen LogP contribution in [0.25, 0.3) is 0 Å². The van der Waals surface area contributed by atoms with E-state index in [0.29, 0.717) is 24.9 Å². The standard InChI is InChI=1S/C15H29NO3/c1-12(2)5-6-15(17)19-11-14-10-16(7-8-18-14)9-13(3)4/h12-14H,5-11H2,1-4H3. The topological polar surface area (TPSA) is 38.8 Å². The van der Waals surface area contributed by atoms with Crippen molar-refractivity contribution in [1.82, 2.24) is 4.90 Å². The zero-order chi connectivity index (χ0) is 14.3. The summed E-state index contributed by atoms with van der Waals surface area (Å²) in [6, 6.07) is 0. The van der Waals surface area contributed by atoms with E-state index in [4.69, 9.17) is 9.47 Å². The molecule has 1 aliphatic rings. The summed E-state index contributed by atoms with van der Waals surface area (Å²) in [6.45, 7) is 12.7. The molecule has 1 rings (SSSR count). The zero-order valence-electron chi connectivity index (χ0n) is 12.9. The van der Waals surface area contributed by atoms with Gasteiger partial charge in [0.15, 0.2) is 0 Å². The van der Waals surface area contributed by atoms with Crippen molar-refractivity contribution >= 4 is 5.97 Å². The molecule has 0 aromatic rings. The number of rotatable bonds is 7. The van der Waals surface area contributed by atoms with E-state index in [1.165, 1.54) is 0 Å². The van der Waals surface area contributed by atoms with Crippen LogP contribution in [0.3, 0.4) is 0 Å². The number of ether oxygens (including phenoxy) is 2. The Morgan fingerprint density at radius 3 is 2.68 bits per heavy atom. The summed E-state index contributed by atoms with van der Waals surface area (Å²) in [5, 5.41) is 0. The number of hydrogen-bond acceptors (Lipinski definition) is 4. The lowest BCUT2D eigenvalue weighted by molar-refractivity contribution is -0.150. The molecule has 1 aliphatic heterocycles. The SMILES string of the molecule is CC(C)CCC(=O)OCC1CN(CC(C)C)CCO1. The first-order valence-electron chi connectivity index (χ1n) is 7.47. The van der Waals surface area contributed by atoms with E-state index in [2.05, 4.69) is 32.6 Å². The highest BCUT2D eigenvalue weighted by Crippen LogP contribution is 2.10. The van der Waals surface area contributed by atoms with Gasteiger partial charge in [-0.3, -0.25) is 9.69 Å². The molecule has 19 heavy (non-hydrogen) atoms. The van der Waals surface area contributed by atoms with Crippen LogP contribution in [0, 0.1) is 11.8 Å². The molecule has 0 aromatic heterocycles. The molecule has 0 spiro atoms. The summed E-state index contributed by atoms with van der Waals surface area (Å²) in [5.41, 5.74) is 0. The maximum atomic E-state index is 11.6. The zero-order valence-corrected chi connectivity index (χ0v) is 12.9. The van der Waals surface area contributed by atoms with Gasteiger partial charge in [-0.15, -0.1) is 0 Å². The maximum absolute atomic E-state index is 11.6. The molecule has 1 unspecified atom stereocenters. The smallest absolute Gasteiger partial charge is 0.305 e. The number of nitrogens with zero attached hydrogens (tertiary/aromatic N) is 1. The Balaban J connectivity index is 2.19. The fourth-order valence-electron chi connectivity index (χ4n) is 2.23.